The van der Waals surface area contributed by atoms with E-state index in [9.17, 15) is 4.39 Å². The smallest absolute Gasteiger partial charge is 0.123 e. The van der Waals surface area contributed by atoms with Crippen LogP contribution in [0.1, 0.15) is 24.9 Å². The van der Waals surface area contributed by atoms with Gasteiger partial charge < -0.3 is 4.74 Å². The molecule has 3 nitrogen and oxygen atoms in total. The number of halogens is 1. The van der Waals surface area contributed by atoms with Crippen molar-refractivity contribution in [1.82, 2.24) is 5.43 Å². The third-order valence-corrected chi connectivity index (χ3v) is 3.31. The standard InChI is InChI=1S/C12H15FN2O/c1-2-11-10-5-8(13)3-4-12(10)15(14-11)9-6-16-7-9/h3-5,9,11,14H,2,6-7H2,1H3. The molecular weight excluding hydrogens is 207 g/mol. The molecule has 1 fully saturated rings. The normalized spacial score (nSPS) is 24.4. The molecule has 2 aliphatic rings. The fourth-order valence-corrected chi connectivity index (χ4v) is 2.32. The summed E-state index contributed by atoms with van der Waals surface area (Å²) in [6.07, 6.45) is 0.959. The lowest BCUT2D eigenvalue weighted by atomic mass is 10.0. The Hall–Kier alpha value is -1.13. The highest BCUT2D eigenvalue weighted by atomic mass is 19.1. The van der Waals surface area contributed by atoms with Crippen molar-refractivity contribution in [2.24, 2.45) is 0 Å². The average molecular weight is 222 g/mol. The minimum absolute atomic E-state index is 0.161. The molecule has 0 aliphatic carbocycles. The summed E-state index contributed by atoms with van der Waals surface area (Å²) in [6.45, 7) is 3.60. The van der Waals surface area contributed by atoms with E-state index in [2.05, 4.69) is 17.4 Å². The minimum atomic E-state index is -0.161. The van der Waals surface area contributed by atoms with Crippen molar-refractivity contribution in [2.45, 2.75) is 25.4 Å². The molecule has 3 rings (SSSR count). The molecule has 1 atom stereocenters. The van der Waals surface area contributed by atoms with Crippen molar-refractivity contribution in [1.29, 1.82) is 0 Å². The lowest BCUT2D eigenvalue weighted by Crippen LogP contribution is -2.53. The molecule has 1 aromatic carbocycles. The number of fused-ring (bicyclic) bond motifs is 1. The van der Waals surface area contributed by atoms with Gasteiger partial charge in [0.1, 0.15) is 5.82 Å². The van der Waals surface area contributed by atoms with Crippen LogP contribution in [0.2, 0.25) is 0 Å². The predicted octanol–water partition coefficient (Wildman–Crippen LogP) is 2.00. The number of nitrogens with zero attached hydrogens (tertiary/aromatic N) is 1. The Bertz CT molecular complexity index is 406. The Morgan fingerprint density at radius 2 is 2.31 bits per heavy atom. The Labute approximate surface area is 94.2 Å². The summed E-state index contributed by atoms with van der Waals surface area (Å²) in [5.74, 6) is -0.161. The second-order valence-corrected chi connectivity index (χ2v) is 4.35. The maximum atomic E-state index is 13.2. The first-order chi connectivity index (χ1) is 7.79. The fourth-order valence-electron chi connectivity index (χ4n) is 2.32. The molecule has 1 N–H and O–H groups in total. The number of hydrogen-bond acceptors (Lipinski definition) is 3. The van der Waals surface area contributed by atoms with Gasteiger partial charge in [-0.2, -0.15) is 0 Å². The summed E-state index contributed by atoms with van der Waals surface area (Å²) in [6, 6.07) is 5.62. The van der Waals surface area contributed by atoms with Gasteiger partial charge in [-0.3, -0.25) is 5.01 Å². The second kappa shape index (κ2) is 3.71. The van der Waals surface area contributed by atoms with Crippen molar-refractivity contribution in [3.05, 3.63) is 29.6 Å². The van der Waals surface area contributed by atoms with Gasteiger partial charge in [0, 0.05) is 0 Å². The second-order valence-electron chi connectivity index (χ2n) is 4.35. The molecule has 1 saturated heterocycles. The van der Waals surface area contributed by atoms with Crippen LogP contribution in [0.25, 0.3) is 0 Å². The van der Waals surface area contributed by atoms with Gasteiger partial charge in [-0.25, -0.2) is 9.82 Å². The van der Waals surface area contributed by atoms with E-state index in [-0.39, 0.29) is 11.9 Å². The zero-order chi connectivity index (χ0) is 11.1. The Morgan fingerprint density at radius 3 is 2.94 bits per heavy atom. The van der Waals surface area contributed by atoms with Gasteiger partial charge in [-0.15, -0.1) is 0 Å². The van der Waals surface area contributed by atoms with Crippen molar-refractivity contribution >= 4 is 5.69 Å². The SMILES string of the molecule is CCC1NN(C2COC2)c2ccc(F)cc21. The van der Waals surface area contributed by atoms with Gasteiger partial charge in [0.05, 0.1) is 31.0 Å². The van der Waals surface area contributed by atoms with Crippen LogP contribution in [0.3, 0.4) is 0 Å². The Morgan fingerprint density at radius 1 is 1.50 bits per heavy atom. The number of anilines is 1. The molecule has 1 unspecified atom stereocenters. The maximum absolute atomic E-state index is 13.2. The van der Waals surface area contributed by atoms with E-state index in [4.69, 9.17) is 4.74 Å². The molecule has 2 aliphatic heterocycles. The van der Waals surface area contributed by atoms with Gasteiger partial charge in [0.25, 0.3) is 0 Å². The van der Waals surface area contributed by atoms with Crippen LogP contribution in [-0.4, -0.2) is 19.3 Å². The van der Waals surface area contributed by atoms with E-state index in [0.717, 1.165) is 30.9 Å². The monoisotopic (exact) mass is 222 g/mol. The molecule has 0 radical (unpaired) electrons. The summed E-state index contributed by atoms with van der Waals surface area (Å²) in [7, 11) is 0. The number of rotatable bonds is 2. The average Bonchev–Trinajstić information content (AvgIpc) is 2.54. The first-order valence-corrected chi connectivity index (χ1v) is 5.72. The highest BCUT2D eigenvalue weighted by Gasteiger charge is 2.35. The molecular formula is C12H15FN2O. The van der Waals surface area contributed by atoms with Crippen molar-refractivity contribution in [2.75, 3.05) is 18.2 Å². The van der Waals surface area contributed by atoms with E-state index in [1.165, 1.54) is 6.07 Å². The van der Waals surface area contributed by atoms with Gasteiger partial charge in [-0.05, 0) is 30.2 Å². The van der Waals surface area contributed by atoms with E-state index < -0.39 is 0 Å². The van der Waals surface area contributed by atoms with Gasteiger partial charge in [-0.1, -0.05) is 6.92 Å². The lowest BCUT2D eigenvalue weighted by molar-refractivity contribution is 0.00400. The van der Waals surface area contributed by atoms with E-state index in [0.29, 0.717) is 6.04 Å². The quantitative estimate of drug-likeness (QED) is 0.828. The van der Waals surface area contributed by atoms with Crippen LogP contribution >= 0.6 is 0 Å². The predicted molar refractivity (Wildman–Crippen MR) is 59.7 cm³/mol. The number of benzene rings is 1. The van der Waals surface area contributed by atoms with Crippen molar-refractivity contribution in [3.63, 3.8) is 0 Å². The van der Waals surface area contributed by atoms with Gasteiger partial charge >= 0.3 is 0 Å². The van der Waals surface area contributed by atoms with Gasteiger partial charge in [0.2, 0.25) is 0 Å². The van der Waals surface area contributed by atoms with Crippen LogP contribution in [-0.2, 0) is 4.74 Å². The van der Waals surface area contributed by atoms with Gasteiger partial charge in [0.15, 0.2) is 0 Å². The fraction of sp³-hybridized carbons (Fsp3) is 0.500. The third-order valence-electron chi connectivity index (χ3n) is 3.31. The summed E-state index contributed by atoms with van der Waals surface area (Å²) in [5.41, 5.74) is 5.58. The summed E-state index contributed by atoms with van der Waals surface area (Å²) >= 11 is 0. The Balaban J connectivity index is 1.97. The zero-order valence-corrected chi connectivity index (χ0v) is 9.24. The Kier molecular flexibility index (Phi) is 2.33. The molecule has 0 bridgehead atoms. The first-order valence-electron chi connectivity index (χ1n) is 5.72. The lowest BCUT2D eigenvalue weighted by Gasteiger charge is -2.36. The number of hydrogen-bond donors (Lipinski definition) is 1. The third kappa shape index (κ3) is 1.41. The minimum Gasteiger partial charge on any atom is -0.377 e. The van der Waals surface area contributed by atoms with Crippen LogP contribution in [0.4, 0.5) is 10.1 Å². The maximum Gasteiger partial charge on any atom is 0.123 e. The molecule has 0 saturated carbocycles. The van der Waals surface area contributed by atoms with Crippen molar-refractivity contribution in [3.8, 4) is 0 Å². The van der Waals surface area contributed by atoms with E-state index >= 15 is 0 Å². The van der Waals surface area contributed by atoms with Crippen LogP contribution in [0, 0.1) is 5.82 Å². The summed E-state index contributed by atoms with van der Waals surface area (Å²) in [5, 5.41) is 2.13. The molecule has 4 heteroatoms. The largest absolute Gasteiger partial charge is 0.377 e. The molecule has 86 valence electrons. The molecule has 0 aromatic heterocycles. The van der Waals surface area contributed by atoms with Crippen LogP contribution in [0.5, 0.6) is 0 Å². The highest BCUT2D eigenvalue weighted by molar-refractivity contribution is 5.59. The summed E-state index contributed by atoms with van der Waals surface area (Å²) in [4.78, 5) is 0. The van der Waals surface area contributed by atoms with E-state index in [1.54, 1.807) is 6.07 Å². The molecule has 0 spiro atoms. The molecule has 2 heterocycles. The van der Waals surface area contributed by atoms with E-state index in [1.807, 2.05) is 6.07 Å². The number of hydrazine groups is 1. The first kappa shape index (κ1) is 10.1. The van der Waals surface area contributed by atoms with Crippen molar-refractivity contribution < 1.29 is 9.13 Å². The van der Waals surface area contributed by atoms with Crippen LogP contribution < -0.4 is 10.4 Å². The number of ether oxygens (including phenoxy) is 1. The van der Waals surface area contributed by atoms with Crippen LogP contribution in [0.15, 0.2) is 18.2 Å². The highest BCUT2D eigenvalue weighted by Crippen LogP contribution is 2.37. The number of nitrogens with one attached hydrogen (secondary N) is 1. The molecule has 0 amide bonds. The summed E-state index contributed by atoms with van der Waals surface area (Å²) < 4.78 is 18.4. The molecule has 1 aromatic rings. The zero-order valence-electron chi connectivity index (χ0n) is 9.24. The molecule has 16 heavy (non-hydrogen) atoms. The topological polar surface area (TPSA) is 24.5 Å².